The van der Waals surface area contributed by atoms with E-state index < -0.39 is 11.7 Å². The summed E-state index contributed by atoms with van der Waals surface area (Å²) >= 11 is 0. The summed E-state index contributed by atoms with van der Waals surface area (Å²) in [7, 11) is 1.31. The topological polar surface area (TPSA) is 60.3 Å². The van der Waals surface area contributed by atoms with E-state index in [1.54, 1.807) is 0 Å². The molecular formula is C14H15FN2O3. The molecule has 0 bridgehead atoms. The van der Waals surface area contributed by atoms with Gasteiger partial charge in [-0.05, 0) is 36.1 Å². The number of pyridine rings is 1. The first-order valence-corrected chi connectivity index (χ1v) is 6.25. The second-order valence-electron chi connectivity index (χ2n) is 4.35. The quantitative estimate of drug-likeness (QED) is 0.868. The highest BCUT2D eigenvalue weighted by atomic mass is 19.1. The highest BCUT2D eigenvalue weighted by Crippen LogP contribution is 2.14. The van der Waals surface area contributed by atoms with E-state index in [0.29, 0.717) is 23.7 Å². The molecule has 1 heterocycles. The monoisotopic (exact) mass is 278 g/mol. The van der Waals surface area contributed by atoms with Crippen molar-refractivity contribution in [3.8, 4) is 0 Å². The van der Waals surface area contributed by atoms with E-state index in [2.05, 4.69) is 10.3 Å². The summed E-state index contributed by atoms with van der Waals surface area (Å²) in [5.41, 5.74) is 2.01. The lowest BCUT2D eigenvalue weighted by atomic mass is 10.1. The smallest absolute Gasteiger partial charge is 0.291 e. The number of carbonyl (C=O) groups excluding carboxylic acids is 1. The lowest BCUT2D eigenvalue weighted by molar-refractivity contribution is 0.0527. The standard InChI is InChI=1S/C14H15FN2O3/c1-3-6-17-12(13(18)16-20-2)8-9-7-10(15)4-5-11(9)14(17)19/h4-5,7-8H,3,6H2,1-2H3,(H,16,18). The Morgan fingerprint density at radius 3 is 2.80 bits per heavy atom. The number of benzene rings is 1. The van der Waals surface area contributed by atoms with Crippen LogP contribution in [0.3, 0.4) is 0 Å². The molecule has 0 aliphatic carbocycles. The number of hydroxylamine groups is 1. The van der Waals surface area contributed by atoms with Gasteiger partial charge in [0.2, 0.25) is 0 Å². The van der Waals surface area contributed by atoms with Crippen molar-refractivity contribution in [1.29, 1.82) is 0 Å². The minimum Gasteiger partial charge on any atom is -0.303 e. The fourth-order valence-corrected chi connectivity index (χ4v) is 2.11. The highest BCUT2D eigenvalue weighted by molar-refractivity contribution is 5.96. The number of rotatable bonds is 4. The molecule has 2 rings (SSSR count). The third-order valence-corrected chi connectivity index (χ3v) is 2.95. The summed E-state index contributed by atoms with van der Waals surface area (Å²) in [6, 6.07) is 5.38. The van der Waals surface area contributed by atoms with Crippen molar-refractivity contribution in [2.24, 2.45) is 0 Å². The largest absolute Gasteiger partial charge is 0.303 e. The summed E-state index contributed by atoms with van der Waals surface area (Å²) in [4.78, 5) is 28.9. The number of carbonyl (C=O) groups is 1. The van der Waals surface area contributed by atoms with Gasteiger partial charge in [0, 0.05) is 11.9 Å². The zero-order valence-electron chi connectivity index (χ0n) is 11.3. The Bertz CT molecular complexity index is 709. The van der Waals surface area contributed by atoms with Crippen molar-refractivity contribution in [1.82, 2.24) is 10.0 Å². The average molecular weight is 278 g/mol. The van der Waals surface area contributed by atoms with Gasteiger partial charge in [0.25, 0.3) is 11.5 Å². The molecule has 0 fully saturated rings. The van der Waals surface area contributed by atoms with E-state index >= 15 is 0 Å². The fourth-order valence-electron chi connectivity index (χ4n) is 2.11. The molecule has 0 radical (unpaired) electrons. The number of hydrogen-bond acceptors (Lipinski definition) is 3. The van der Waals surface area contributed by atoms with Gasteiger partial charge < -0.3 is 4.57 Å². The maximum atomic E-state index is 13.3. The van der Waals surface area contributed by atoms with Crippen LogP contribution in [0.15, 0.2) is 29.1 Å². The van der Waals surface area contributed by atoms with Gasteiger partial charge in [-0.3, -0.25) is 14.4 Å². The van der Waals surface area contributed by atoms with E-state index in [1.165, 1.54) is 35.9 Å². The zero-order valence-corrected chi connectivity index (χ0v) is 11.3. The molecule has 106 valence electrons. The minimum atomic E-state index is -0.538. The van der Waals surface area contributed by atoms with Crippen molar-refractivity contribution >= 4 is 16.7 Å². The second kappa shape index (κ2) is 5.83. The van der Waals surface area contributed by atoms with Crippen LogP contribution in [-0.4, -0.2) is 17.6 Å². The fraction of sp³-hybridized carbons (Fsp3) is 0.286. The molecule has 0 saturated heterocycles. The van der Waals surface area contributed by atoms with E-state index in [-0.39, 0.29) is 11.3 Å². The van der Waals surface area contributed by atoms with Crippen LogP contribution in [0, 0.1) is 5.82 Å². The average Bonchev–Trinajstić information content (AvgIpc) is 2.41. The Morgan fingerprint density at radius 1 is 1.40 bits per heavy atom. The Balaban J connectivity index is 2.73. The number of halogens is 1. The van der Waals surface area contributed by atoms with Crippen LogP contribution in [0.25, 0.3) is 10.8 Å². The van der Waals surface area contributed by atoms with Crippen molar-refractivity contribution in [3.05, 3.63) is 46.1 Å². The highest BCUT2D eigenvalue weighted by Gasteiger charge is 2.15. The summed E-state index contributed by atoms with van der Waals surface area (Å²) in [6.07, 6.45) is 0.694. The van der Waals surface area contributed by atoms with Gasteiger partial charge in [-0.15, -0.1) is 0 Å². The predicted molar refractivity (Wildman–Crippen MR) is 72.9 cm³/mol. The first-order chi connectivity index (χ1) is 9.58. The molecule has 1 aromatic heterocycles. The molecular weight excluding hydrogens is 263 g/mol. The van der Waals surface area contributed by atoms with Gasteiger partial charge in [-0.2, -0.15) is 0 Å². The number of nitrogens with one attached hydrogen (secondary N) is 1. The molecule has 20 heavy (non-hydrogen) atoms. The Hall–Kier alpha value is -2.21. The van der Waals surface area contributed by atoms with Crippen LogP contribution in [0.5, 0.6) is 0 Å². The minimum absolute atomic E-state index is 0.150. The van der Waals surface area contributed by atoms with Gasteiger partial charge in [0.15, 0.2) is 0 Å². The molecule has 2 aromatic rings. The summed E-state index contributed by atoms with van der Waals surface area (Å²) < 4.78 is 14.6. The molecule has 0 saturated carbocycles. The third-order valence-electron chi connectivity index (χ3n) is 2.95. The number of aromatic nitrogens is 1. The van der Waals surface area contributed by atoms with Gasteiger partial charge in [-0.1, -0.05) is 6.92 Å². The molecule has 0 atom stereocenters. The Morgan fingerprint density at radius 2 is 2.15 bits per heavy atom. The Kier molecular flexibility index (Phi) is 4.14. The van der Waals surface area contributed by atoms with Gasteiger partial charge in [0.05, 0.1) is 7.11 Å². The predicted octanol–water partition coefficient (Wildman–Crippen LogP) is 1.84. The molecule has 0 aliphatic rings. The molecule has 1 aromatic carbocycles. The van der Waals surface area contributed by atoms with Gasteiger partial charge in [-0.25, -0.2) is 9.87 Å². The lowest BCUT2D eigenvalue weighted by Gasteiger charge is -2.13. The first kappa shape index (κ1) is 14.2. The summed E-state index contributed by atoms with van der Waals surface area (Å²) in [5.74, 6) is -0.993. The number of amides is 1. The normalized spacial score (nSPS) is 10.8. The van der Waals surface area contributed by atoms with Gasteiger partial charge >= 0.3 is 0 Å². The lowest BCUT2D eigenvalue weighted by Crippen LogP contribution is -2.32. The Labute approximate surface area is 114 Å². The van der Waals surface area contributed by atoms with Crippen LogP contribution in [-0.2, 0) is 11.4 Å². The summed E-state index contributed by atoms with van der Waals surface area (Å²) in [6.45, 7) is 2.30. The summed E-state index contributed by atoms with van der Waals surface area (Å²) in [5, 5.41) is 0.775. The molecule has 1 amide bonds. The molecule has 0 aliphatic heterocycles. The molecule has 6 heteroatoms. The van der Waals surface area contributed by atoms with Crippen LogP contribution < -0.4 is 11.0 Å². The molecule has 0 unspecified atom stereocenters. The number of fused-ring (bicyclic) bond motifs is 1. The van der Waals surface area contributed by atoms with Crippen molar-refractivity contribution in [2.75, 3.05) is 7.11 Å². The zero-order chi connectivity index (χ0) is 14.7. The SMILES string of the molecule is CCCn1c(C(=O)NOC)cc2cc(F)ccc2c1=O. The van der Waals surface area contributed by atoms with Crippen LogP contribution in [0.4, 0.5) is 4.39 Å². The van der Waals surface area contributed by atoms with E-state index in [4.69, 9.17) is 0 Å². The van der Waals surface area contributed by atoms with Crippen molar-refractivity contribution in [3.63, 3.8) is 0 Å². The number of hydrogen-bond donors (Lipinski definition) is 1. The van der Waals surface area contributed by atoms with Crippen LogP contribution in [0.2, 0.25) is 0 Å². The van der Waals surface area contributed by atoms with Crippen molar-refractivity contribution < 1.29 is 14.0 Å². The van der Waals surface area contributed by atoms with Gasteiger partial charge in [0.1, 0.15) is 11.5 Å². The maximum absolute atomic E-state index is 13.3. The number of nitrogens with zero attached hydrogens (tertiary/aromatic N) is 1. The van der Waals surface area contributed by atoms with Crippen molar-refractivity contribution in [2.45, 2.75) is 19.9 Å². The van der Waals surface area contributed by atoms with Crippen LogP contribution >= 0.6 is 0 Å². The molecule has 0 spiro atoms. The second-order valence-corrected chi connectivity index (χ2v) is 4.35. The molecule has 5 nitrogen and oxygen atoms in total. The third kappa shape index (κ3) is 2.55. The first-order valence-electron chi connectivity index (χ1n) is 6.25. The maximum Gasteiger partial charge on any atom is 0.291 e. The van der Waals surface area contributed by atoms with E-state index in [9.17, 15) is 14.0 Å². The van der Waals surface area contributed by atoms with E-state index in [0.717, 1.165) is 0 Å². The molecule has 1 N–H and O–H groups in total. The van der Waals surface area contributed by atoms with Crippen LogP contribution in [0.1, 0.15) is 23.8 Å². The van der Waals surface area contributed by atoms with E-state index in [1.807, 2.05) is 6.92 Å².